The van der Waals surface area contributed by atoms with E-state index < -0.39 is 76.1 Å². The minimum Gasteiger partial charge on any atom is -0.462 e. The van der Waals surface area contributed by atoms with Gasteiger partial charge in [0.2, 0.25) is 0 Å². The van der Waals surface area contributed by atoms with E-state index in [1.807, 2.05) is 13.8 Å². The number of hydrogen-bond donors (Lipinski definition) is 2. The van der Waals surface area contributed by atoms with Gasteiger partial charge in [0, 0.05) is 49.7 Å². The molecule has 4 rings (SSSR count). The van der Waals surface area contributed by atoms with E-state index in [1.54, 1.807) is 13.0 Å². The maximum Gasteiger partial charge on any atom is 0.336 e. The quantitative estimate of drug-likeness (QED) is 0.428. The van der Waals surface area contributed by atoms with Crippen LogP contribution in [0.15, 0.2) is 23.5 Å². The van der Waals surface area contributed by atoms with Crippen molar-refractivity contribution in [3.05, 3.63) is 23.5 Å². The third kappa shape index (κ3) is 3.44. The Labute approximate surface area is 209 Å². The molecule has 2 saturated carbocycles. The number of hydrogen-bond acceptors (Lipinski definition) is 10. The molecule has 0 spiro atoms. The topological polar surface area (TPSA) is 146 Å². The highest BCUT2D eigenvalue weighted by Gasteiger charge is 2.78. The highest BCUT2D eigenvalue weighted by atomic mass is 16.6. The van der Waals surface area contributed by atoms with E-state index in [0.29, 0.717) is 12.8 Å². The van der Waals surface area contributed by atoms with Crippen molar-refractivity contribution in [3.8, 4) is 0 Å². The Hall–Kier alpha value is -2.72. The molecule has 0 saturated heterocycles. The van der Waals surface area contributed by atoms with E-state index in [9.17, 15) is 29.4 Å². The minimum atomic E-state index is -1.90. The Morgan fingerprint density at radius 2 is 1.56 bits per heavy atom. The minimum absolute atomic E-state index is 0.132. The van der Waals surface area contributed by atoms with Crippen molar-refractivity contribution in [2.24, 2.45) is 22.7 Å². The van der Waals surface area contributed by atoms with Crippen LogP contribution in [0.4, 0.5) is 0 Å². The molecule has 0 aromatic rings. The fourth-order valence-electron chi connectivity index (χ4n) is 7.35. The van der Waals surface area contributed by atoms with Crippen LogP contribution in [-0.2, 0) is 38.1 Å². The van der Waals surface area contributed by atoms with Gasteiger partial charge in [0.15, 0.2) is 6.10 Å². The zero-order valence-electron chi connectivity index (χ0n) is 21.6. The second-order valence-electron chi connectivity index (χ2n) is 11.4. The van der Waals surface area contributed by atoms with Crippen molar-refractivity contribution in [2.75, 3.05) is 0 Å². The van der Waals surface area contributed by atoms with Gasteiger partial charge in [0.1, 0.15) is 23.6 Å². The van der Waals surface area contributed by atoms with Crippen LogP contribution >= 0.6 is 0 Å². The smallest absolute Gasteiger partial charge is 0.336 e. The molecule has 1 aliphatic heterocycles. The molecule has 10 heteroatoms. The first-order valence-electron chi connectivity index (χ1n) is 12.1. The molecule has 2 N–H and O–H groups in total. The molecule has 1 heterocycles. The van der Waals surface area contributed by atoms with Crippen LogP contribution in [0.3, 0.4) is 0 Å². The summed E-state index contributed by atoms with van der Waals surface area (Å²) in [6.45, 7) is 10.4. The zero-order chi connectivity index (χ0) is 27.0. The lowest BCUT2D eigenvalue weighted by Crippen LogP contribution is -2.81. The number of ether oxygens (including phenoxy) is 4. The second-order valence-corrected chi connectivity index (χ2v) is 11.4. The van der Waals surface area contributed by atoms with E-state index in [-0.39, 0.29) is 11.3 Å². The lowest BCUT2D eigenvalue weighted by molar-refractivity contribution is -0.340. The first-order valence-corrected chi connectivity index (χ1v) is 12.1. The summed E-state index contributed by atoms with van der Waals surface area (Å²) in [7, 11) is 0. The third-order valence-corrected chi connectivity index (χ3v) is 8.86. The van der Waals surface area contributed by atoms with Gasteiger partial charge in [-0.2, -0.15) is 0 Å². The average molecular weight is 507 g/mol. The molecule has 2 fully saturated rings. The molecule has 4 aliphatic rings. The average Bonchev–Trinajstić information content (AvgIpc) is 3.11. The molecule has 0 bridgehead atoms. The SMILES string of the molecule is CC(=O)OC1C(OC(C)=O)[C@@]2(O)C(C)(C)CCC(OC(C)=O)[C@]2(C)[C@H]2C=C3OC(=O)C=C3[C@@](C)(O)[C@H]12. The number of rotatable bonds is 3. The highest BCUT2D eigenvalue weighted by molar-refractivity contribution is 5.89. The van der Waals surface area contributed by atoms with Gasteiger partial charge in [-0.15, -0.1) is 0 Å². The number of aliphatic hydroxyl groups is 2. The molecule has 0 amide bonds. The Kier molecular flexibility index (Phi) is 5.96. The Bertz CT molecular complexity index is 1080. The second kappa shape index (κ2) is 8.14. The summed E-state index contributed by atoms with van der Waals surface area (Å²) in [5.74, 6) is -4.34. The number of allylic oxidation sites excluding steroid dienone is 1. The van der Waals surface area contributed by atoms with Crippen molar-refractivity contribution in [1.29, 1.82) is 0 Å². The van der Waals surface area contributed by atoms with Crippen LogP contribution in [0, 0.1) is 22.7 Å². The van der Waals surface area contributed by atoms with Gasteiger partial charge in [-0.05, 0) is 31.3 Å². The van der Waals surface area contributed by atoms with Gasteiger partial charge in [-0.1, -0.05) is 20.8 Å². The van der Waals surface area contributed by atoms with Crippen molar-refractivity contribution in [2.45, 2.75) is 90.8 Å². The monoisotopic (exact) mass is 506 g/mol. The number of fused-ring (bicyclic) bond motifs is 4. The molecular weight excluding hydrogens is 472 g/mol. The summed E-state index contributed by atoms with van der Waals surface area (Å²) in [5.41, 5.74) is -5.79. The van der Waals surface area contributed by atoms with Gasteiger partial charge < -0.3 is 29.2 Å². The molecule has 0 aromatic heterocycles. The standard InChI is InChI=1S/C26H34O10/c1-12(27)33-18-8-9-23(4,5)26(32)22(35-14(3)29)21(34-13(2)28)20-16(24(18,26)6)10-17-15(25(20,7)31)11-19(30)36-17/h10-11,16,18,20-22,31-32H,8-9H2,1-7H3/t16-,18?,20-,21?,22?,24-,25+,26+/m0/s1. The Balaban J connectivity index is 2.08. The molecule has 0 aromatic carbocycles. The summed E-state index contributed by atoms with van der Waals surface area (Å²) >= 11 is 0. The van der Waals surface area contributed by atoms with Crippen LogP contribution in [0.2, 0.25) is 0 Å². The Morgan fingerprint density at radius 1 is 0.972 bits per heavy atom. The maximum absolute atomic E-state index is 12.8. The van der Waals surface area contributed by atoms with E-state index in [1.165, 1.54) is 33.8 Å². The van der Waals surface area contributed by atoms with Crippen LogP contribution in [0.1, 0.15) is 61.3 Å². The summed E-state index contributed by atoms with van der Waals surface area (Å²) in [6.07, 6.45) is 0.00733. The van der Waals surface area contributed by atoms with Crippen LogP contribution in [-0.4, -0.2) is 63.6 Å². The van der Waals surface area contributed by atoms with E-state index in [0.717, 1.165) is 0 Å². The van der Waals surface area contributed by atoms with E-state index in [2.05, 4.69) is 0 Å². The molecule has 3 aliphatic carbocycles. The lowest BCUT2D eigenvalue weighted by Gasteiger charge is -2.70. The number of carbonyl (C=O) groups excluding carboxylic acids is 4. The summed E-state index contributed by atoms with van der Waals surface area (Å²) < 4.78 is 22.6. The van der Waals surface area contributed by atoms with E-state index >= 15 is 0 Å². The normalized spacial score (nSPS) is 42.5. The molecule has 36 heavy (non-hydrogen) atoms. The molecule has 8 atom stereocenters. The van der Waals surface area contributed by atoms with E-state index in [4.69, 9.17) is 18.9 Å². The fourth-order valence-corrected chi connectivity index (χ4v) is 7.35. The van der Waals surface area contributed by atoms with Crippen molar-refractivity contribution in [3.63, 3.8) is 0 Å². The first-order chi connectivity index (χ1) is 16.5. The van der Waals surface area contributed by atoms with Crippen LogP contribution in [0.5, 0.6) is 0 Å². The van der Waals surface area contributed by atoms with Crippen LogP contribution in [0.25, 0.3) is 0 Å². The molecule has 198 valence electrons. The molecular formula is C26H34O10. The van der Waals surface area contributed by atoms with Gasteiger partial charge >= 0.3 is 23.9 Å². The summed E-state index contributed by atoms with van der Waals surface area (Å²) in [4.78, 5) is 49.1. The van der Waals surface area contributed by atoms with Crippen LogP contribution < -0.4 is 0 Å². The molecule has 3 unspecified atom stereocenters. The zero-order valence-corrected chi connectivity index (χ0v) is 21.6. The van der Waals surface area contributed by atoms with Gasteiger partial charge in [0.05, 0.1) is 5.60 Å². The predicted molar refractivity (Wildman–Crippen MR) is 123 cm³/mol. The van der Waals surface area contributed by atoms with Crippen molar-refractivity contribution in [1.82, 2.24) is 0 Å². The van der Waals surface area contributed by atoms with Crippen molar-refractivity contribution >= 4 is 23.9 Å². The number of carbonyl (C=O) groups is 4. The number of esters is 4. The third-order valence-electron chi connectivity index (χ3n) is 8.86. The van der Waals surface area contributed by atoms with Crippen molar-refractivity contribution < 1.29 is 48.3 Å². The highest BCUT2D eigenvalue weighted by Crippen LogP contribution is 2.68. The lowest BCUT2D eigenvalue weighted by atomic mass is 9.39. The fraction of sp³-hybridized carbons (Fsp3) is 0.692. The molecule has 0 radical (unpaired) electrons. The molecule has 10 nitrogen and oxygen atoms in total. The summed E-state index contributed by atoms with van der Waals surface area (Å²) in [5, 5.41) is 24.7. The van der Waals surface area contributed by atoms with Gasteiger partial charge in [-0.3, -0.25) is 14.4 Å². The first kappa shape index (κ1) is 26.3. The van der Waals surface area contributed by atoms with Gasteiger partial charge in [-0.25, -0.2) is 4.79 Å². The largest absolute Gasteiger partial charge is 0.462 e. The predicted octanol–water partition coefficient (Wildman–Crippen LogP) is 1.72. The summed E-state index contributed by atoms with van der Waals surface area (Å²) in [6, 6.07) is 0. The Morgan fingerprint density at radius 3 is 2.11 bits per heavy atom. The van der Waals surface area contributed by atoms with Gasteiger partial charge in [0.25, 0.3) is 0 Å². The maximum atomic E-state index is 12.8.